The monoisotopic (exact) mass is 395 g/mol. The summed E-state index contributed by atoms with van der Waals surface area (Å²) in [6.45, 7) is 4.80. The van der Waals surface area contributed by atoms with Gasteiger partial charge in [-0.2, -0.15) is 4.31 Å². The number of nitrogens with zero attached hydrogens (tertiary/aromatic N) is 2. The van der Waals surface area contributed by atoms with Crippen LogP contribution in [0.25, 0.3) is 0 Å². The number of anilines is 1. The molecule has 0 bridgehead atoms. The van der Waals surface area contributed by atoms with E-state index in [9.17, 15) is 13.2 Å². The summed E-state index contributed by atoms with van der Waals surface area (Å²) in [7, 11) is 0.431. The molecule has 0 radical (unpaired) electrons. The Morgan fingerprint density at radius 2 is 1.65 bits per heavy atom. The van der Waals surface area contributed by atoms with Gasteiger partial charge in [-0.3, -0.25) is 4.79 Å². The number of benzene rings is 1. The number of hydrogen-bond acceptors (Lipinski definition) is 5. The van der Waals surface area contributed by atoms with Crippen LogP contribution in [0, 0.1) is 0 Å². The number of thiophene rings is 1. The highest BCUT2D eigenvalue weighted by Gasteiger charge is 2.23. The lowest BCUT2D eigenvalue weighted by molar-refractivity contribution is 0.0951. The van der Waals surface area contributed by atoms with Gasteiger partial charge in [-0.1, -0.05) is 13.8 Å². The fourth-order valence-corrected chi connectivity index (χ4v) is 5.37. The second-order valence-corrected chi connectivity index (χ2v) is 9.27. The van der Waals surface area contributed by atoms with E-state index in [0.29, 0.717) is 29.4 Å². The summed E-state index contributed by atoms with van der Waals surface area (Å²) in [5, 5.41) is 2.84. The summed E-state index contributed by atoms with van der Waals surface area (Å²) in [6, 6.07) is 10.7. The maximum Gasteiger partial charge on any atom is 0.252 e. The second-order valence-electron chi connectivity index (χ2n) is 5.93. The molecule has 142 valence electrons. The first kappa shape index (κ1) is 20.4. The summed E-state index contributed by atoms with van der Waals surface area (Å²) >= 11 is 1.19. The highest BCUT2D eigenvalue weighted by molar-refractivity contribution is 7.91. The lowest BCUT2D eigenvalue weighted by atomic mass is 10.2. The van der Waals surface area contributed by atoms with E-state index in [2.05, 4.69) is 5.32 Å². The van der Waals surface area contributed by atoms with Crippen molar-refractivity contribution in [3.8, 4) is 0 Å². The minimum atomic E-state index is -3.45. The second kappa shape index (κ2) is 8.66. The van der Waals surface area contributed by atoms with Crippen LogP contribution in [0.5, 0.6) is 0 Å². The molecule has 1 N–H and O–H groups in total. The average Bonchev–Trinajstić information content (AvgIpc) is 3.10. The highest BCUT2D eigenvalue weighted by atomic mass is 32.2. The minimum Gasteiger partial charge on any atom is -0.378 e. The Kier molecular flexibility index (Phi) is 6.80. The number of hydrogen-bond donors (Lipinski definition) is 1. The van der Waals surface area contributed by atoms with Crippen LogP contribution in [-0.2, 0) is 16.6 Å². The Morgan fingerprint density at radius 3 is 2.19 bits per heavy atom. The summed E-state index contributed by atoms with van der Waals surface area (Å²) in [6.07, 6.45) is 0. The van der Waals surface area contributed by atoms with Crippen molar-refractivity contribution in [2.24, 2.45) is 0 Å². The first-order chi connectivity index (χ1) is 12.3. The van der Waals surface area contributed by atoms with Gasteiger partial charge in [-0.05, 0) is 36.4 Å². The quantitative estimate of drug-likeness (QED) is 0.746. The molecule has 1 heterocycles. The van der Waals surface area contributed by atoms with Crippen molar-refractivity contribution < 1.29 is 13.2 Å². The van der Waals surface area contributed by atoms with E-state index < -0.39 is 10.0 Å². The summed E-state index contributed by atoms with van der Waals surface area (Å²) < 4.78 is 26.7. The Bertz CT molecular complexity index is 839. The fraction of sp³-hybridized carbons (Fsp3) is 0.389. The highest BCUT2D eigenvalue weighted by Crippen LogP contribution is 2.25. The molecule has 1 aromatic heterocycles. The zero-order valence-corrected chi connectivity index (χ0v) is 17.2. The largest absolute Gasteiger partial charge is 0.378 e. The molecular weight excluding hydrogens is 370 g/mol. The van der Waals surface area contributed by atoms with Gasteiger partial charge in [-0.25, -0.2) is 8.42 Å². The molecule has 0 atom stereocenters. The van der Waals surface area contributed by atoms with Crippen molar-refractivity contribution in [3.05, 3.63) is 46.8 Å². The number of amides is 1. The van der Waals surface area contributed by atoms with Crippen molar-refractivity contribution in [1.29, 1.82) is 0 Å². The van der Waals surface area contributed by atoms with Gasteiger partial charge < -0.3 is 10.2 Å². The molecule has 2 aromatic rings. The summed E-state index contributed by atoms with van der Waals surface area (Å²) in [5.41, 5.74) is 1.59. The van der Waals surface area contributed by atoms with Crippen molar-refractivity contribution in [1.82, 2.24) is 9.62 Å². The number of carbonyl (C=O) groups is 1. The number of sulfonamides is 1. The predicted molar refractivity (Wildman–Crippen MR) is 106 cm³/mol. The number of rotatable bonds is 8. The van der Waals surface area contributed by atoms with E-state index in [-0.39, 0.29) is 5.91 Å². The van der Waals surface area contributed by atoms with Crippen molar-refractivity contribution in [3.63, 3.8) is 0 Å². The van der Waals surface area contributed by atoms with Crippen molar-refractivity contribution in [2.75, 3.05) is 32.1 Å². The Morgan fingerprint density at radius 1 is 1.04 bits per heavy atom. The molecule has 0 saturated carbocycles. The molecule has 0 unspecified atom stereocenters. The third-order valence-electron chi connectivity index (χ3n) is 4.01. The molecule has 0 aliphatic rings. The fourth-order valence-electron chi connectivity index (χ4n) is 2.46. The van der Waals surface area contributed by atoms with Gasteiger partial charge in [0.2, 0.25) is 0 Å². The van der Waals surface area contributed by atoms with E-state index >= 15 is 0 Å². The van der Waals surface area contributed by atoms with Gasteiger partial charge in [0.1, 0.15) is 4.21 Å². The van der Waals surface area contributed by atoms with Crippen LogP contribution >= 0.6 is 11.3 Å². The molecule has 1 amide bonds. The Hall–Kier alpha value is -1.90. The molecule has 26 heavy (non-hydrogen) atoms. The maximum atomic E-state index is 12.5. The van der Waals surface area contributed by atoms with Crippen LogP contribution < -0.4 is 10.2 Å². The zero-order chi connectivity index (χ0) is 19.3. The SMILES string of the molecule is CCN(CC)S(=O)(=O)c1ccc(CNC(=O)c2ccc(N(C)C)cc2)s1. The van der Waals surface area contributed by atoms with Crippen LogP contribution in [0.15, 0.2) is 40.6 Å². The van der Waals surface area contributed by atoms with Crippen molar-refractivity contribution in [2.45, 2.75) is 24.6 Å². The van der Waals surface area contributed by atoms with E-state index in [1.54, 1.807) is 24.3 Å². The van der Waals surface area contributed by atoms with Crippen LogP contribution in [0.4, 0.5) is 5.69 Å². The van der Waals surface area contributed by atoms with Gasteiger partial charge in [0.05, 0.1) is 6.54 Å². The minimum absolute atomic E-state index is 0.183. The predicted octanol–water partition coefficient (Wildman–Crippen LogP) is 2.77. The molecule has 0 fully saturated rings. The third kappa shape index (κ3) is 4.63. The normalized spacial score (nSPS) is 11.6. The summed E-state index contributed by atoms with van der Waals surface area (Å²) in [5.74, 6) is -0.183. The van der Waals surface area contributed by atoms with Crippen LogP contribution in [0.3, 0.4) is 0 Å². The van der Waals surface area contributed by atoms with E-state index in [1.165, 1.54) is 15.6 Å². The van der Waals surface area contributed by atoms with Gasteiger partial charge in [-0.15, -0.1) is 11.3 Å². The topological polar surface area (TPSA) is 69.7 Å². The molecule has 8 heteroatoms. The molecule has 0 saturated heterocycles. The third-order valence-corrected chi connectivity index (χ3v) is 7.61. The molecule has 0 aliphatic heterocycles. The molecule has 0 spiro atoms. The Balaban J connectivity index is 2.02. The molecule has 2 rings (SSSR count). The van der Waals surface area contributed by atoms with Gasteiger partial charge in [0, 0.05) is 43.3 Å². The van der Waals surface area contributed by atoms with Crippen LogP contribution in [-0.4, -0.2) is 45.8 Å². The average molecular weight is 396 g/mol. The van der Waals surface area contributed by atoms with E-state index in [4.69, 9.17) is 0 Å². The lowest BCUT2D eigenvalue weighted by Crippen LogP contribution is -2.30. The maximum absolute atomic E-state index is 12.5. The van der Waals surface area contributed by atoms with Crippen LogP contribution in [0.2, 0.25) is 0 Å². The Labute approximate surface area is 159 Å². The van der Waals surface area contributed by atoms with Crippen LogP contribution in [0.1, 0.15) is 29.1 Å². The van der Waals surface area contributed by atoms with Gasteiger partial charge >= 0.3 is 0 Å². The zero-order valence-electron chi connectivity index (χ0n) is 15.5. The first-order valence-corrected chi connectivity index (χ1v) is 10.7. The van der Waals surface area contributed by atoms with E-state index in [1.807, 2.05) is 45.0 Å². The molecule has 1 aromatic carbocycles. The smallest absolute Gasteiger partial charge is 0.252 e. The van der Waals surface area contributed by atoms with Gasteiger partial charge in [0.25, 0.3) is 15.9 Å². The van der Waals surface area contributed by atoms with Gasteiger partial charge in [0.15, 0.2) is 0 Å². The number of nitrogens with one attached hydrogen (secondary N) is 1. The first-order valence-electron chi connectivity index (χ1n) is 8.44. The lowest BCUT2D eigenvalue weighted by Gasteiger charge is -2.16. The standard InChI is InChI=1S/C18H25N3O3S2/c1-5-21(6-2)26(23,24)17-12-11-16(25-17)13-19-18(22)14-7-9-15(10-8-14)20(3)4/h7-12H,5-6,13H2,1-4H3,(H,19,22). The molecular formula is C18H25N3O3S2. The van der Waals surface area contributed by atoms with E-state index in [0.717, 1.165) is 10.6 Å². The molecule has 0 aliphatic carbocycles. The summed E-state index contributed by atoms with van der Waals surface area (Å²) in [4.78, 5) is 15.0. The van der Waals surface area contributed by atoms with Crippen molar-refractivity contribution >= 4 is 33.0 Å². The number of carbonyl (C=O) groups excluding carboxylic acids is 1. The molecule has 6 nitrogen and oxygen atoms in total.